The Bertz CT molecular complexity index is 627. The number of aromatic hydroxyl groups is 1. The average Bonchev–Trinajstić information content (AvgIpc) is 2.70. The number of unbranched alkanes of at least 4 members (excludes halogenated alkanes) is 4. The van der Waals surface area contributed by atoms with Gasteiger partial charge in [0.15, 0.2) is 11.5 Å². The maximum atomic E-state index is 12.0. The fourth-order valence-corrected chi connectivity index (χ4v) is 3.12. The smallest absolute Gasteiger partial charge is 0.339 e. The summed E-state index contributed by atoms with van der Waals surface area (Å²) in [6, 6.07) is 0. The molecule has 0 spiro atoms. The molecule has 0 bridgehead atoms. The summed E-state index contributed by atoms with van der Waals surface area (Å²) in [5.74, 6) is -1.16. The molecule has 166 valence electrons. The number of rotatable bonds is 16. The summed E-state index contributed by atoms with van der Waals surface area (Å²) in [7, 11) is 0. The maximum Gasteiger partial charge on any atom is 0.339 e. The first kappa shape index (κ1) is 25.1. The summed E-state index contributed by atoms with van der Waals surface area (Å²) in [6.07, 6.45) is 8.43. The molecule has 6 nitrogen and oxygen atoms in total. The first-order valence-electron chi connectivity index (χ1n) is 11.1. The highest BCUT2D eigenvalue weighted by molar-refractivity contribution is 5.95. The summed E-state index contributed by atoms with van der Waals surface area (Å²) in [6.45, 7) is 9.09. The van der Waals surface area contributed by atoms with E-state index >= 15 is 0 Å². The van der Waals surface area contributed by atoms with Crippen molar-refractivity contribution in [2.24, 2.45) is 0 Å². The predicted octanol–water partition coefficient (Wildman–Crippen LogP) is 6.07. The number of hydrogen-bond acceptors (Lipinski definition) is 5. The number of hydrogen-bond donors (Lipinski definition) is 2. The molecule has 0 aliphatic carbocycles. The van der Waals surface area contributed by atoms with Crippen LogP contribution in [0.3, 0.4) is 0 Å². The van der Waals surface area contributed by atoms with Gasteiger partial charge < -0.3 is 19.8 Å². The van der Waals surface area contributed by atoms with Crippen LogP contribution < -0.4 is 9.62 Å². The van der Waals surface area contributed by atoms with E-state index < -0.39 is 11.7 Å². The molecule has 0 saturated heterocycles. The summed E-state index contributed by atoms with van der Waals surface area (Å²) >= 11 is 0. The molecule has 0 heterocycles. The Kier molecular flexibility index (Phi) is 12.2. The third kappa shape index (κ3) is 7.42. The van der Waals surface area contributed by atoms with Crippen LogP contribution in [0.5, 0.6) is 17.2 Å². The van der Waals surface area contributed by atoms with Crippen molar-refractivity contribution in [3.63, 3.8) is 0 Å². The Hall–Kier alpha value is -1.95. The summed E-state index contributed by atoms with van der Waals surface area (Å²) in [4.78, 5) is 22.7. The topological polar surface area (TPSA) is 85.2 Å². The largest absolute Gasteiger partial charge is 0.503 e. The van der Waals surface area contributed by atoms with Gasteiger partial charge in [-0.3, -0.25) is 0 Å². The van der Waals surface area contributed by atoms with Crippen LogP contribution in [0, 0.1) is 0 Å². The van der Waals surface area contributed by atoms with Gasteiger partial charge >= 0.3 is 5.97 Å². The van der Waals surface area contributed by atoms with Crippen LogP contribution in [0.2, 0.25) is 0 Å². The van der Waals surface area contributed by atoms with Crippen LogP contribution >= 0.6 is 0 Å². The molecule has 0 fully saturated rings. The zero-order valence-corrected chi connectivity index (χ0v) is 18.5. The lowest BCUT2D eigenvalue weighted by atomic mass is 9.91. The van der Waals surface area contributed by atoms with Crippen LogP contribution in [0.1, 0.15) is 101 Å². The van der Waals surface area contributed by atoms with Gasteiger partial charge in [0.2, 0.25) is 5.75 Å². The summed E-state index contributed by atoms with van der Waals surface area (Å²) in [5, 5.41) is 20.7. The second-order valence-electron chi connectivity index (χ2n) is 7.31. The minimum Gasteiger partial charge on any atom is -0.503 e. The molecular weight excluding hydrogens is 372 g/mol. The van der Waals surface area contributed by atoms with Crippen LogP contribution in [-0.4, -0.2) is 29.4 Å². The highest BCUT2D eigenvalue weighted by Gasteiger charge is 2.30. The third-order valence-electron chi connectivity index (χ3n) is 4.84. The van der Waals surface area contributed by atoms with Crippen molar-refractivity contribution in [2.45, 2.75) is 91.9 Å². The van der Waals surface area contributed by atoms with Gasteiger partial charge in [-0.2, -0.15) is 4.89 Å². The van der Waals surface area contributed by atoms with Crippen LogP contribution in [-0.2, 0) is 17.7 Å². The fourth-order valence-electron chi connectivity index (χ4n) is 3.12. The summed E-state index contributed by atoms with van der Waals surface area (Å²) in [5.41, 5.74) is 1.37. The van der Waals surface area contributed by atoms with Crippen LogP contribution in [0.15, 0.2) is 0 Å². The predicted molar refractivity (Wildman–Crippen MR) is 114 cm³/mol. The lowest BCUT2D eigenvalue weighted by Crippen LogP contribution is -2.13. The summed E-state index contributed by atoms with van der Waals surface area (Å²) < 4.78 is 6.04. The highest BCUT2D eigenvalue weighted by atomic mass is 17.2. The van der Waals surface area contributed by atoms with Crippen molar-refractivity contribution in [2.75, 3.05) is 13.2 Å². The lowest BCUT2D eigenvalue weighted by Gasteiger charge is -2.22. The van der Waals surface area contributed by atoms with Crippen LogP contribution in [0.25, 0.3) is 0 Å². The monoisotopic (exact) mass is 410 g/mol. The molecule has 0 aromatic heterocycles. The minimum atomic E-state index is -1.16. The molecule has 29 heavy (non-hydrogen) atoms. The molecule has 0 atom stereocenters. The van der Waals surface area contributed by atoms with Crippen molar-refractivity contribution >= 4 is 5.97 Å². The Morgan fingerprint density at radius 3 is 1.90 bits per heavy atom. The zero-order chi connectivity index (χ0) is 21.6. The molecular formula is C23H38O6. The number of carbonyl (C=O) groups is 1. The van der Waals surface area contributed by atoms with Gasteiger partial charge in [-0.05, 0) is 44.1 Å². The molecule has 0 saturated carbocycles. The van der Waals surface area contributed by atoms with Gasteiger partial charge in [0.1, 0.15) is 5.56 Å². The molecule has 1 rings (SSSR count). The van der Waals surface area contributed by atoms with Crippen molar-refractivity contribution in [1.29, 1.82) is 0 Å². The lowest BCUT2D eigenvalue weighted by molar-refractivity contribution is -0.209. The van der Waals surface area contributed by atoms with Crippen LogP contribution in [0.4, 0.5) is 0 Å². The van der Waals surface area contributed by atoms with Gasteiger partial charge in [-0.25, -0.2) is 4.79 Å². The number of aromatic carboxylic acids is 1. The van der Waals surface area contributed by atoms with Crippen molar-refractivity contribution < 1.29 is 29.5 Å². The van der Waals surface area contributed by atoms with E-state index in [0.717, 1.165) is 56.9 Å². The number of carboxylic acid groups (broad SMARTS) is 1. The van der Waals surface area contributed by atoms with E-state index in [9.17, 15) is 15.0 Å². The third-order valence-corrected chi connectivity index (χ3v) is 4.84. The normalized spacial score (nSPS) is 10.9. The fraction of sp³-hybridized carbons (Fsp3) is 0.696. The second-order valence-corrected chi connectivity index (χ2v) is 7.31. The standard InChI is InChI=1S/C23H38O6/c1-5-9-13-17-18(14-10-6-2)21(27-15-11-7-3)22(29-28-16-12-8-4)20(24)19(17)23(25)26/h24H,5-16H2,1-4H3,(H,25,26). The van der Waals surface area contributed by atoms with Gasteiger partial charge in [0.05, 0.1) is 13.2 Å². The quantitative estimate of drug-likeness (QED) is 0.196. The maximum absolute atomic E-state index is 12.0. The van der Waals surface area contributed by atoms with Crippen molar-refractivity contribution in [1.82, 2.24) is 0 Å². The molecule has 0 radical (unpaired) electrons. The van der Waals surface area contributed by atoms with E-state index in [-0.39, 0.29) is 11.3 Å². The minimum absolute atomic E-state index is 0.0130. The SMILES string of the molecule is CCCCOOc1c(O)c(C(=O)O)c(CCCC)c(CCCC)c1OCCCC. The number of ether oxygens (including phenoxy) is 1. The number of carboxylic acids is 1. The first-order chi connectivity index (χ1) is 14.0. The van der Waals surface area contributed by atoms with Gasteiger partial charge in [0.25, 0.3) is 0 Å². The van der Waals surface area contributed by atoms with E-state index in [4.69, 9.17) is 14.5 Å². The molecule has 0 aliphatic rings. The number of phenols is 1. The Balaban J connectivity index is 3.54. The Morgan fingerprint density at radius 2 is 1.34 bits per heavy atom. The molecule has 0 aliphatic heterocycles. The first-order valence-corrected chi connectivity index (χ1v) is 11.1. The van der Waals surface area contributed by atoms with Gasteiger partial charge in [-0.1, -0.05) is 53.4 Å². The Labute approximate surface area is 175 Å². The van der Waals surface area contributed by atoms with Gasteiger partial charge in [-0.15, -0.1) is 0 Å². The second kappa shape index (κ2) is 14.1. The molecule has 2 N–H and O–H groups in total. The van der Waals surface area contributed by atoms with E-state index in [0.29, 0.717) is 37.4 Å². The van der Waals surface area contributed by atoms with E-state index in [2.05, 4.69) is 20.8 Å². The van der Waals surface area contributed by atoms with E-state index in [1.807, 2.05) is 6.92 Å². The van der Waals surface area contributed by atoms with Gasteiger partial charge in [0, 0.05) is 5.56 Å². The van der Waals surface area contributed by atoms with Crippen molar-refractivity contribution in [3.8, 4) is 17.2 Å². The molecule has 0 amide bonds. The zero-order valence-electron chi connectivity index (χ0n) is 18.5. The van der Waals surface area contributed by atoms with E-state index in [1.165, 1.54) is 0 Å². The number of benzene rings is 1. The highest BCUT2D eigenvalue weighted by Crippen LogP contribution is 2.46. The van der Waals surface area contributed by atoms with Crippen molar-refractivity contribution in [3.05, 3.63) is 16.7 Å². The Morgan fingerprint density at radius 1 is 0.793 bits per heavy atom. The molecule has 6 heteroatoms. The van der Waals surface area contributed by atoms with E-state index in [1.54, 1.807) is 0 Å². The molecule has 1 aromatic carbocycles. The molecule has 0 unspecified atom stereocenters. The average molecular weight is 411 g/mol. The molecule has 1 aromatic rings.